The van der Waals surface area contributed by atoms with E-state index in [0.29, 0.717) is 0 Å². The van der Waals surface area contributed by atoms with Crippen molar-refractivity contribution < 1.29 is 18.3 Å². The molecule has 0 aliphatic heterocycles. The Hall–Kier alpha value is -1.65. The molecule has 76 valence electrons. The van der Waals surface area contributed by atoms with Crippen molar-refractivity contribution in [1.29, 1.82) is 0 Å². The molecule has 0 saturated carbocycles. The van der Waals surface area contributed by atoms with Gasteiger partial charge in [0.2, 0.25) is 0 Å². The van der Waals surface area contributed by atoms with Crippen LogP contribution >= 0.6 is 0 Å². The number of rotatable bonds is 2. The SMILES string of the molecule is CNc1c(C(=O)OC)ccc(F)c1F. The summed E-state index contributed by atoms with van der Waals surface area (Å²) in [6.07, 6.45) is 0. The lowest BCUT2D eigenvalue weighted by Gasteiger charge is -2.08. The second kappa shape index (κ2) is 4.04. The number of carbonyl (C=O) groups is 1. The Morgan fingerprint density at radius 2 is 2.07 bits per heavy atom. The number of nitrogens with one attached hydrogen (secondary N) is 1. The molecule has 1 aromatic rings. The van der Waals surface area contributed by atoms with Gasteiger partial charge in [-0.25, -0.2) is 13.6 Å². The Balaban J connectivity index is 3.31. The number of anilines is 1. The molecule has 0 radical (unpaired) electrons. The zero-order chi connectivity index (χ0) is 10.7. The first-order chi connectivity index (χ1) is 6.61. The fraction of sp³-hybridized carbons (Fsp3) is 0.222. The molecule has 0 aliphatic carbocycles. The maximum Gasteiger partial charge on any atom is 0.340 e. The molecule has 0 saturated heterocycles. The third kappa shape index (κ3) is 1.66. The van der Waals surface area contributed by atoms with Crippen LogP contribution in [0.25, 0.3) is 0 Å². The fourth-order valence-electron chi connectivity index (χ4n) is 1.08. The van der Waals surface area contributed by atoms with Gasteiger partial charge in [0.15, 0.2) is 11.6 Å². The Kier molecular flexibility index (Phi) is 3.01. The van der Waals surface area contributed by atoms with Crippen molar-refractivity contribution >= 4 is 11.7 Å². The van der Waals surface area contributed by atoms with E-state index < -0.39 is 17.6 Å². The topological polar surface area (TPSA) is 38.3 Å². The highest BCUT2D eigenvalue weighted by atomic mass is 19.2. The Morgan fingerprint density at radius 3 is 2.57 bits per heavy atom. The number of methoxy groups -OCH3 is 1. The molecule has 3 nitrogen and oxygen atoms in total. The zero-order valence-corrected chi connectivity index (χ0v) is 7.73. The Morgan fingerprint density at radius 1 is 1.43 bits per heavy atom. The number of benzene rings is 1. The van der Waals surface area contributed by atoms with Crippen LogP contribution in [0, 0.1) is 11.6 Å². The Labute approximate surface area is 79.7 Å². The summed E-state index contributed by atoms with van der Waals surface area (Å²) in [5.41, 5.74) is -0.231. The van der Waals surface area contributed by atoms with Crippen LogP contribution in [0.5, 0.6) is 0 Å². The predicted molar refractivity (Wildman–Crippen MR) is 47.2 cm³/mol. The number of hydrogen-bond acceptors (Lipinski definition) is 3. The standard InChI is InChI=1S/C9H9F2NO2/c1-12-8-5(9(13)14-2)3-4-6(10)7(8)11/h3-4,12H,1-2H3. The highest BCUT2D eigenvalue weighted by Crippen LogP contribution is 2.22. The molecule has 1 rings (SSSR count). The van der Waals surface area contributed by atoms with E-state index in [0.717, 1.165) is 12.1 Å². The van der Waals surface area contributed by atoms with E-state index >= 15 is 0 Å². The second-order valence-corrected chi connectivity index (χ2v) is 2.53. The molecule has 1 aromatic carbocycles. The maximum absolute atomic E-state index is 13.1. The molecule has 0 heterocycles. The van der Waals surface area contributed by atoms with Crippen LogP contribution in [0.2, 0.25) is 0 Å². The highest BCUT2D eigenvalue weighted by molar-refractivity contribution is 5.95. The average Bonchev–Trinajstić information content (AvgIpc) is 2.20. The van der Waals surface area contributed by atoms with Crippen LogP contribution < -0.4 is 5.32 Å². The summed E-state index contributed by atoms with van der Waals surface area (Å²) in [5, 5.41) is 2.40. The lowest BCUT2D eigenvalue weighted by Crippen LogP contribution is -2.08. The number of esters is 1. The summed E-state index contributed by atoms with van der Waals surface area (Å²) >= 11 is 0. The van der Waals surface area contributed by atoms with Gasteiger partial charge in [0.25, 0.3) is 0 Å². The highest BCUT2D eigenvalue weighted by Gasteiger charge is 2.17. The van der Waals surface area contributed by atoms with Gasteiger partial charge in [-0.05, 0) is 12.1 Å². The average molecular weight is 201 g/mol. The van der Waals surface area contributed by atoms with Crippen molar-refractivity contribution in [3.63, 3.8) is 0 Å². The second-order valence-electron chi connectivity index (χ2n) is 2.53. The summed E-state index contributed by atoms with van der Waals surface area (Å²) in [4.78, 5) is 11.1. The summed E-state index contributed by atoms with van der Waals surface area (Å²) in [5.74, 6) is -2.81. The smallest absolute Gasteiger partial charge is 0.340 e. The van der Waals surface area contributed by atoms with Gasteiger partial charge in [-0.2, -0.15) is 0 Å². The maximum atomic E-state index is 13.1. The molecule has 0 aromatic heterocycles. The molecule has 0 atom stereocenters. The van der Waals surface area contributed by atoms with Crippen LogP contribution in [-0.2, 0) is 4.74 Å². The van der Waals surface area contributed by atoms with Gasteiger partial charge >= 0.3 is 5.97 Å². The molecular weight excluding hydrogens is 192 g/mol. The lowest BCUT2D eigenvalue weighted by molar-refractivity contribution is 0.0601. The minimum absolute atomic E-state index is 0.0334. The van der Waals surface area contributed by atoms with E-state index in [1.54, 1.807) is 0 Å². The van der Waals surface area contributed by atoms with E-state index in [4.69, 9.17) is 0 Å². The van der Waals surface area contributed by atoms with E-state index in [9.17, 15) is 13.6 Å². The monoisotopic (exact) mass is 201 g/mol. The first-order valence-corrected chi connectivity index (χ1v) is 3.86. The third-order valence-corrected chi connectivity index (χ3v) is 1.75. The summed E-state index contributed by atoms with van der Waals surface area (Å²) in [7, 11) is 2.56. The van der Waals surface area contributed by atoms with Gasteiger partial charge < -0.3 is 10.1 Å². The van der Waals surface area contributed by atoms with E-state index in [2.05, 4.69) is 10.1 Å². The first-order valence-electron chi connectivity index (χ1n) is 3.86. The number of carbonyl (C=O) groups excluding carboxylic acids is 1. The number of ether oxygens (including phenoxy) is 1. The summed E-state index contributed by atoms with van der Waals surface area (Å²) < 4.78 is 30.3. The van der Waals surface area contributed by atoms with Crippen molar-refractivity contribution in [1.82, 2.24) is 0 Å². The lowest BCUT2D eigenvalue weighted by atomic mass is 10.1. The zero-order valence-electron chi connectivity index (χ0n) is 7.73. The van der Waals surface area contributed by atoms with E-state index in [1.807, 2.05) is 0 Å². The molecule has 0 bridgehead atoms. The van der Waals surface area contributed by atoms with Gasteiger partial charge in [0.1, 0.15) is 0 Å². The first kappa shape index (κ1) is 10.4. The summed E-state index contributed by atoms with van der Waals surface area (Å²) in [6, 6.07) is 2.04. The molecular formula is C9H9F2NO2. The normalized spacial score (nSPS) is 9.71. The van der Waals surface area contributed by atoms with E-state index in [1.165, 1.54) is 14.2 Å². The van der Waals surface area contributed by atoms with Crippen molar-refractivity contribution in [2.24, 2.45) is 0 Å². The molecule has 5 heteroatoms. The van der Waals surface area contributed by atoms with Gasteiger partial charge in [-0.15, -0.1) is 0 Å². The van der Waals surface area contributed by atoms with Crippen LogP contribution in [0.1, 0.15) is 10.4 Å². The van der Waals surface area contributed by atoms with Gasteiger partial charge in [-0.3, -0.25) is 0 Å². The summed E-state index contributed by atoms with van der Waals surface area (Å²) in [6.45, 7) is 0. The van der Waals surface area contributed by atoms with Gasteiger partial charge in [0.05, 0.1) is 18.4 Å². The number of hydrogen-bond donors (Lipinski definition) is 1. The van der Waals surface area contributed by atoms with Crippen LogP contribution in [0.4, 0.5) is 14.5 Å². The van der Waals surface area contributed by atoms with E-state index in [-0.39, 0.29) is 11.3 Å². The quantitative estimate of drug-likeness (QED) is 0.741. The molecule has 0 fully saturated rings. The molecule has 0 aliphatic rings. The molecule has 0 unspecified atom stereocenters. The van der Waals surface area contributed by atoms with Crippen molar-refractivity contribution in [3.8, 4) is 0 Å². The molecule has 0 amide bonds. The van der Waals surface area contributed by atoms with Crippen LogP contribution in [0.3, 0.4) is 0 Å². The van der Waals surface area contributed by atoms with Crippen molar-refractivity contribution in [2.45, 2.75) is 0 Å². The molecule has 1 N–H and O–H groups in total. The minimum atomic E-state index is -1.09. The third-order valence-electron chi connectivity index (χ3n) is 1.75. The Bertz CT molecular complexity index is 366. The predicted octanol–water partition coefficient (Wildman–Crippen LogP) is 1.79. The molecule has 14 heavy (non-hydrogen) atoms. The van der Waals surface area contributed by atoms with Crippen molar-refractivity contribution in [2.75, 3.05) is 19.5 Å². The van der Waals surface area contributed by atoms with Crippen LogP contribution in [-0.4, -0.2) is 20.1 Å². The van der Waals surface area contributed by atoms with Gasteiger partial charge in [-0.1, -0.05) is 0 Å². The fourth-order valence-corrected chi connectivity index (χ4v) is 1.08. The molecule has 0 spiro atoms. The number of halogens is 2. The van der Waals surface area contributed by atoms with Crippen LogP contribution in [0.15, 0.2) is 12.1 Å². The van der Waals surface area contributed by atoms with Crippen molar-refractivity contribution in [3.05, 3.63) is 29.3 Å². The largest absolute Gasteiger partial charge is 0.465 e. The van der Waals surface area contributed by atoms with Gasteiger partial charge in [0, 0.05) is 7.05 Å². The minimum Gasteiger partial charge on any atom is -0.465 e.